The summed E-state index contributed by atoms with van der Waals surface area (Å²) >= 11 is 0. The van der Waals surface area contributed by atoms with Gasteiger partial charge in [-0.2, -0.15) is 5.10 Å². The maximum Gasteiger partial charge on any atom is 0.0568 e. The summed E-state index contributed by atoms with van der Waals surface area (Å²) in [5.41, 5.74) is 3.92. The third-order valence-corrected chi connectivity index (χ3v) is 3.72. The zero-order valence-electron chi connectivity index (χ0n) is 11.0. The van der Waals surface area contributed by atoms with E-state index < -0.39 is 0 Å². The van der Waals surface area contributed by atoms with Gasteiger partial charge in [-0.1, -0.05) is 24.3 Å². The van der Waals surface area contributed by atoms with E-state index in [2.05, 4.69) is 47.5 Å². The molecule has 2 aliphatic rings. The van der Waals surface area contributed by atoms with Crippen molar-refractivity contribution in [1.29, 1.82) is 0 Å². The number of hydrogen-bond donors (Lipinski definition) is 0. The van der Waals surface area contributed by atoms with Gasteiger partial charge in [0.1, 0.15) is 0 Å². The standard InChI is InChI=1S/C15H19N3/c1-17-7-3-4-12-8-13(5-6-15(17)9-12)14-10-16-18(2)11-14/h5-6,8-11,15H,3-4,7H2,1-2H3. The van der Waals surface area contributed by atoms with Crippen molar-refractivity contribution in [2.24, 2.45) is 7.05 Å². The predicted molar refractivity (Wildman–Crippen MR) is 74.1 cm³/mol. The summed E-state index contributed by atoms with van der Waals surface area (Å²) in [6, 6.07) is 0.438. The lowest BCUT2D eigenvalue weighted by Gasteiger charge is -2.20. The van der Waals surface area contributed by atoms with E-state index in [-0.39, 0.29) is 0 Å². The maximum atomic E-state index is 4.25. The molecule has 0 saturated heterocycles. The summed E-state index contributed by atoms with van der Waals surface area (Å²) in [6.45, 7) is 1.17. The number of nitrogens with zero attached hydrogens (tertiary/aromatic N) is 3. The number of hydrogen-bond acceptors (Lipinski definition) is 2. The van der Waals surface area contributed by atoms with E-state index in [1.165, 1.54) is 36.1 Å². The van der Waals surface area contributed by atoms with E-state index in [1.807, 2.05) is 17.9 Å². The van der Waals surface area contributed by atoms with Gasteiger partial charge in [-0.15, -0.1) is 0 Å². The first-order valence-electron chi connectivity index (χ1n) is 6.52. The molecule has 3 heteroatoms. The van der Waals surface area contributed by atoms with Crippen LogP contribution in [0, 0.1) is 0 Å². The van der Waals surface area contributed by atoms with E-state index in [0.717, 1.165) is 0 Å². The summed E-state index contributed by atoms with van der Waals surface area (Å²) in [4.78, 5) is 2.41. The Labute approximate surface area is 108 Å². The average Bonchev–Trinajstić information content (AvgIpc) is 2.59. The van der Waals surface area contributed by atoms with Crippen LogP contribution in [-0.4, -0.2) is 34.3 Å². The largest absolute Gasteiger partial charge is 0.296 e. The Kier molecular flexibility index (Phi) is 2.92. The van der Waals surface area contributed by atoms with Crippen molar-refractivity contribution >= 4 is 5.57 Å². The Morgan fingerprint density at radius 3 is 3.00 bits per heavy atom. The third-order valence-electron chi connectivity index (χ3n) is 3.72. The van der Waals surface area contributed by atoms with E-state index >= 15 is 0 Å². The lowest BCUT2D eigenvalue weighted by Crippen LogP contribution is -2.28. The van der Waals surface area contributed by atoms with E-state index in [4.69, 9.17) is 0 Å². The molecule has 1 aliphatic heterocycles. The lowest BCUT2D eigenvalue weighted by molar-refractivity contribution is 0.322. The Hall–Kier alpha value is -1.61. The van der Waals surface area contributed by atoms with Crippen LogP contribution in [0.4, 0.5) is 0 Å². The van der Waals surface area contributed by atoms with Crippen molar-refractivity contribution in [3.8, 4) is 0 Å². The molecule has 18 heavy (non-hydrogen) atoms. The minimum Gasteiger partial charge on any atom is -0.296 e. The molecule has 1 unspecified atom stereocenters. The number of fused-ring (bicyclic) bond motifs is 1. The summed E-state index contributed by atoms with van der Waals surface area (Å²) in [6.07, 6.45) is 15.6. The van der Waals surface area contributed by atoms with E-state index in [9.17, 15) is 0 Å². The first-order valence-corrected chi connectivity index (χ1v) is 6.52. The molecule has 0 N–H and O–H groups in total. The normalized spacial score (nSPS) is 24.2. The SMILES string of the molecule is CN1CCCC2=CC1C=CC(c1cnn(C)c1)=C2. The number of likely N-dealkylation sites (N-methyl/N-ethyl adjacent to an activating group) is 1. The first kappa shape index (κ1) is 11.5. The van der Waals surface area contributed by atoms with Crippen LogP contribution >= 0.6 is 0 Å². The number of aromatic nitrogens is 2. The van der Waals surface area contributed by atoms with Crippen molar-refractivity contribution in [3.63, 3.8) is 0 Å². The van der Waals surface area contributed by atoms with Crippen LogP contribution in [0.2, 0.25) is 0 Å². The second-order valence-corrected chi connectivity index (χ2v) is 5.18. The van der Waals surface area contributed by atoms with Crippen LogP contribution in [0.5, 0.6) is 0 Å². The van der Waals surface area contributed by atoms with Gasteiger partial charge in [-0.25, -0.2) is 0 Å². The van der Waals surface area contributed by atoms with Gasteiger partial charge < -0.3 is 0 Å². The zero-order chi connectivity index (χ0) is 12.5. The van der Waals surface area contributed by atoms with Crippen molar-refractivity contribution in [1.82, 2.24) is 14.7 Å². The molecule has 2 bridgehead atoms. The Morgan fingerprint density at radius 1 is 1.33 bits per heavy atom. The highest BCUT2D eigenvalue weighted by molar-refractivity contribution is 5.76. The molecule has 3 rings (SSSR count). The number of rotatable bonds is 1. The van der Waals surface area contributed by atoms with Crippen LogP contribution in [-0.2, 0) is 7.05 Å². The fraction of sp³-hybridized carbons (Fsp3) is 0.400. The molecular formula is C15H19N3. The molecule has 0 fully saturated rings. The van der Waals surface area contributed by atoms with Crippen molar-refractivity contribution in [2.45, 2.75) is 18.9 Å². The topological polar surface area (TPSA) is 21.1 Å². The second-order valence-electron chi connectivity index (χ2n) is 5.18. The van der Waals surface area contributed by atoms with Gasteiger partial charge in [0.25, 0.3) is 0 Å². The highest BCUT2D eigenvalue weighted by Gasteiger charge is 2.16. The molecule has 1 atom stereocenters. The fourth-order valence-corrected chi connectivity index (χ4v) is 2.63. The number of allylic oxidation sites excluding steroid dienone is 4. The van der Waals surface area contributed by atoms with E-state index in [1.54, 1.807) is 0 Å². The molecule has 0 amide bonds. The maximum absolute atomic E-state index is 4.25. The minimum atomic E-state index is 0.438. The van der Waals surface area contributed by atoms with Crippen molar-refractivity contribution in [2.75, 3.05) is 13.6 Å². The van der Waals surface area contributed by atoms with Crippen LogP contribution in [0.1, 0.15) is 18.4 Å². The molecule has 0 aromatic carbocycles. The minimum absolute atomic E-state index is 0.438. The first-order chi connectivity index (χ1) is 8.72. The molecule has 0 radical (unpaired) electrons. The highest BCUT2D eigenvalue weighted by atomic mass is 15.2. The van der Waals surface area contributed by atoms with Gasteiger partial charge >= 0.3 is 0 Å². The molecule has 2 heterocycles. The van der Waals surface area contributed by atoms with Gasteiger partial charge in [-0.05, 0) is 37.6 Å². The summed E-state index contributed by atoms with van der Waals surface area (Å²) in [7, 11) is 4.16. The third kappa shape index (κ3) is 2.18. The molecule has 1 aromatic rings. The molecular weight excluding hydrogens is 222 g/mol. The molecule has 1 aliphatic carbocycles. The summed E-state index contributed by atoms with van der Waals surface area (Å²) in [5, 5.41) is 4.25. The lowest BCUT2D eigenvalue weighted by atomic mass is 10.0. The van der Waals surface area contributed by atoms with Gasteiger partial charge in [0.05, 0.1) is 6.20 Å². The van der Waals surface area contributed by atoms with Gasteiger partial charge in [0, 0.05) is 24.8 Å². The van der Waals surface area contributed by atoms with Crippen LogP contribution < -0.4 is 0 Å². The molecule has 0 saturated carbocycles. The average molecular weight is 241 g/mol. The van der Waals surface area contributed by atoms with Crippen LogP contribution in [0.25, 0.3) is 5.57 Å². The Morgan fingerprint density at radius 2 is 2.22 bits per heavy atom. The predicted octanol–water partition coefficient (Wildman–Crippen LogP) is 2.39. The number of aryl methyl sites for hydroxylation is 1. The quantitative estimate of drug-likeness (QED) is 0.753. The smallest absolute Gasteiger partial charge is 0.0568 e. The van der Waals surface area contributed by atoms with E-state index in [0.29, 0.717) is 6.04 Å². The summed E-state index contributed by atoms with van der Waals surface area (Å²) in [5.74, 6) is 0. The van der Waals surface area contributed by atoms with Crippen molar-refractivity contribution < 1.29 is 0 Å². The summed E-state index contributed by atoms with van der Waals surface area (Å²) < 4.78 is 1.85. The second kappa shape index (κ2) is 4.58. The van der Waals surface area contributed by atoms with Gasteiger partial charge in [0.2, 0.25) is 0 Å². The van der Waals surface area contributed by atoms with Crippen LogP contribution in [0.15, 0.2) is 42.3 Å². The molecule has 1 aromatic heterocycles. The Balaban J connectivity index is 1.96. The monoisotopic (exact) mass is 241 g/mol. The van der Waals surface area contributed by atoms with Gasteiger partial charge in [-0.3, -0.25) is 9.58 Å². The van der Waals surface area contributed by atoms with Crippen LogP contribution in [0.3, 0.4) is 0 Å². The van der Waals surface area contributed by atoms with Crippen molar-refractivity contribution in [3.05, 3.63) is 47.8 Å². The highest BCUT2D eigenvalue weighted by Crippen LogP contribution is 2.26. The molecule has 94 valence electrons. The molecule has 3 nitrogen and oxygen atoms in total. The molecule has 0 spiro atoms. The zero-order valence-corrected chi connectivity index (χ0v) is 11.0. The van der Waals surface area contributed by atoms with Gasteiger partial charge in [0.15, 0.2) is 0 Å². The fourth-order valence-electron chi connectivity index (χ4n) is 2.63. The Bertz CT molecular complexity index is 534.